The summed E-state index contributed by atoms with van der Waals surface area (Å²) in [7, 11) is 0. The van der Waals surface area contributed by atoms with Crippen molar-refractivity contribution < 1.29 is 9.53 Å². The van der Waals surface area contributed by atoms with Crippen molar-refractivity contribution in [2.24, 2.45) is 5.73 Å². The Labute approximate surface area is 125 Å². The minimum Gasteiger partial charge on any atom is -0.444 e. The summed E-state index contributed by atoms with van der Waals surface area (Å²) in [5.41, 5.74) is 6.54. The molecule has 20 heavy (non-hydrogen) atoms. The van der Waals surface area contributed by atoms with E-state index in [4.69, 9.17) is 22.1 Å². The van der Waals surface area contributed by atoms with Gasteiger partial charge >= 0.3 is 6.09 Å². The van der Waals surface area contributed by atoms with E-state index in [-0.39, 0.29) is 5.41 Å². The quantitative estimate of drug-likeness (QED) is 0.889. The van der Waals surface area contributed by atoms with Gasteiger partial charge in [0.05, 0.1) is 0 Å². The van der Waals surface area contributed by atoms with Crippen molar-refractivity contribution in [2.75, 3.05) is 11.9 Å². The Hall–Kier alpha value is -1.26. The minimum atomic E-state index is -0.549. The van der Waals surface area contributed by atoms with Gasteiger partial charge in [0, 0.05) is 22.7 Å². The molecule has 0 unspecified atom stereocenters. The summed E-state index contributed by atoms with van der Waals surface area (Å²) >= 11 is 6.00. The van der Waals surface area contributed by atoms with Crippen LogP contribution >= 0.6 is 11.6 Å². The molecule has 1 aromatic rings. The van der Waals surface area contributed by atoms with Crippen LogP contribution in [0.4, 0.5) is 10.5 Å². The van der Waals surface area contributed by atoms with E-state index in [0.717, 1.165) is 5.56 Å². The molecule has 0 aliphatic heterocycles. The molecule has 0 heterocycles. The average molecular weight is 299 g/mol. The van der Waals surface area contributed by atoms with Crippen molar-refractivity contribution in [3.05, 3.63) is 28.8 Å². The highest BCUT2D eigenvalue weighted by molar-refractivity contribution is 6.31. The molecular weight excluding hydrogens is 276 g/mol. The highest BCUT2D eigenvalue weighted by Crippen LogP contribution is 2.31. The lowest BCUT2D eigenvalue weighted by Crippen LogP contribution is -2.31. The number of ether oxygens (including phenoxy) is 1. The first-order valence-corrected chi connectivity index (χ1v) is 6.93. The number of halogens is 1. The molecule has 4 nitrogen and oxygen atoms in total. The molecule has 5 heteroatoms. The molecule has 0 spiro atoms. The van der Waals surface area contributed by atoms with Crippen molar-refractivity contribution >= 4 is 23.4 Å². The van der Waals surface area contributed by atoms with Crippen LogP contribution in [0.5, 0.6) is 0 Å². The van der Waals surface area contributed by atoms with Crippen LogP contribution in [-0.4, -0.2) is 18.2 Å². The van der Waals surface area contributed by atoms with Crippen molar-refractivity contribution in [1.82, 2.24) is 0 Å². The Kier molecular flexibility index (Phi) is 5.05. The Morgan fingerprint density at radius 1 is 1.30 bits per heavy atom. The van der Waals surface area contributed by atoms with E-state index in [1.54, 1.807) is 12.1 Å². The number of rotatable bonds is 3. The lowest BCUT2D eigenvalue weighted by molar-refractivity contribution is 0.0635. The zero-order chi connectivity index (χ0) is 15.6. The Morgan fingerprint density at radius 3 is 2.40 bits per heavy atom. The summed E-state index contributed by atoms with van der Waals surface area (Å²) in [6.45, 7) is 9.92. The van der Waals surface area contributed by atoms with Gasteiger partial charge in [0.25, 0.3) is 0 Å². The molecule has 0 saturated carbocycles. The largest absolute Gasteiger partial charge is 0.444 e. The molecule has 3 N–H and O–H groups in total. The first-order chi connectivity index (χ1) is 9.05. The smallest absolute Gasteiger partial charge is 0.412 e. The molecule has 0 atom stereocenters. The number of benzene rings is 1. The second-order valence-electron chi connectivity index (χ2n) is 6.40. The molecule has 0 aliphatic carbocycles. The first kappa shape index (κ1) is 16.8. The zero-order valence-corrected chi connectivity index (χ0v) is 13.5. The number of anilines is 1. The number of carbonyl (C=O) groups is 1. The summed E-state index contributed by atoms with van der Waals surface area (Å²) in [4.78, 5) is 11.9. The average Bonchev–Trinajstić information content (AvgIpc) is 2.25. The maximum absolute atomic E-state index is 11.9. The molecule has 0 radical (unpaired) electrons. The number of hydrogen-bond donors (Lipinski definition) is 2. The third-order valence-electron chi connectivity index (χ3n) is 2.86. The fourth-order valence-corrected chi connectivity index (χ4v) is 1.91. The molecule has 0 bridgehead atoms. The molecule has 112 valence electrons. The summed E-state index contributed by atoms with van der Waals surface area (Å²) in [6, 6.07) is 5.37. The van der Waals surface area contributed by atoms with E-state index < -0.39 is 11.7 Å². The number of amides is 1. The number of carbonyl (C=O) groups excluding carboxylic acids is 1. The van der Waals surface area contributed by atoms with Gasteiger partial charge in [0.1, 0.15) is 5.60 Å². The van der Waals surface area contributed by atoms with E-state index in [0.29, 0.717) is 17.3 Å². The SMILES string of the molecule is CC(C)(C)OC(=O)Nc1cc(Cl)ccc1C(C)(C)CN. The molecule has 1 aromatic carbocycles. The normalized spacial score (nSPS) is 12.2. The topological polar surface area (TPSA) is 64.3 Å². The zero-order valence-electron chi connectivity index (χ0n) is 12.7. The van der Waals surface area contributed by atoms with Gasteiger partial charge in [-0.15, -0.1) is 0 Å². The van der Waals surface area contributed by atoms with Gasteiger partial charge in [0.2, 0.25) is 0 Å². The van der Waals surface area contributed by atoms with Crippen molar-refractivity contribution in [3.8, 4) is 0 Å². The van der Waals surface area contributed by atoms with Gasteiger partial charge in [-0.25, -0.2) is 4.79 Å². The fourth-order valence-electron chi connectivity index (χ4n) is 1.73. The minimum absolute atomic E-state index is 0.269. The Bertz CT molecular complexity index is 493. The number of hydrogen-bond acceptors (Lipinski definition) is 3. The third-order valence-corrected chi connectivity index (χ3v) is 3.09. The van der Waals surface area contributed by atoms with E-state index in [9.17, 15) is 4.79 Å². The van der Waals surface area contributed by atoms with Crippen LogP contribution in [0.2, 0.25) is 5.02 Å². The van der Waals surface area contributed by atoms with Gasteiger partial charge in [-0.1, -0.05) is 31.5 Å². The van der Waals surface area contributed by atoms with Crippen LogP contribution in [-0.2, 0) is 10.2 Å². The van der Waals surface area contributed by atoms with Crippen LogP contribution in [0, 0.1) is 0 Å². The van der Waals surface area contributed by atoms with E-state index >= 15 is 0 Å². The highest BCUT2D eigenvalue weighted by Gasteiger charge is 2.24. The van der Waals surface area contributed by atoms with Crippen molar-refractivity contribution in [1.29, 1.82) is 0 Å². The van der Waals surface area contributed by atoms with E-state index in [1.165, 1.54) is 0 Å². The molecule has 0 saturated heterocycles. The monoisotopic (exact) mass is 298 g/mol. The highest BCUT2D eigenvalue weighted by atomic mass is 35.5. The summed E-state index contributed by atoms with van der Waals surface area (Å²) in [5, 5.41) is 3.30. The van der Waals surface area contributed by atoms with Crippen LogP contribution in [0.25, 0.3) is 0 Å². The van der Waals surface area contributed by atoms with Gasteiger partial charge in [-0.2, -0.15) is 0 Å². The second-order valence-corrected chi connectivity index (χ2v) is 6.84. The number of nitrogens with two attached hydrogens (primary N) is 1. The fraction of sp³-hybridized carbons (Fsp3) is 0.533. The third kappa shape index (κ3) is 4.69. The van der Waals surface area contributed by atoms with Gasteiger partial charge < -0.3 is 10.5 Å². The maximum Gasteiger partial charge on any atom is 0.412 e. The van der Waals surface area contributed by atoms with Gasteiger partial charge in [-0.05, 0) is 38.5 Å². The number of nitrogens with one attached hydrogen (secondary N) is 1. The van der Waals surface area contributed by atoms with Crippen LogP contribution < -0.4 is 11.1 Å². The predicted molar refractivity (Wildman–Crippen MR) is 83.4 cm³/mol. The first-order valence-electron chi connectivity index (χ1n) is 6.55. The lowest BCUT2D eigenvalue weighted by Gasteiger charge is -2.27. The van der Waals surface area contributed by atoms with Crippen molar-refractivity contribution in [3.63, 3.8) is 0 Å². The molecule has 0 fully saturated rings. The Morgan fingerprint density at radius 2 is 1.90 bits per heavy atom. The molecule has 1 rings (SSSR count). The summed E-state index contributed by atoms with van der Waals surface area (Å²) < 4.78 is 5.26. The maximum atomic E-state index is 11.9. The molecule has 1 amide bonds. The summed E-state index contributed by atoms with van der Waals surface area (Å²) in [6.07, 6.45) is -0.506. The molecular formula is C15H23ClN2O2. The van der Waals surface area contributed by atoms with E-state index in [2.05, 4.69) is 5.32 Å². The molecule has 0 aliphatic rings. The van der Waals surface area contributed by atoms with Crippen molar-refractivity contribution in [2.45, 2.75) is 45.6 Å². The van der Waals surface area contributed by atoms with Crippen LogP contribution in [0.15, 0.2) is 18.2 Å². The predicted octanol–water partition coefficient (Wildman–Crippen LogP) is 3.92. The van der Waals surface area contributed by atoms with Crippen LogP contribution in [0.1, 0.15) is 40.2 Å². The summed E-state index contributed by atoms with van der Waals surface area (Å²) in [5.74, 6) is 0. The lowest BCUT2D eigenvalue weighted by atomic mass is 9.83. The standard InChI is InChI=1S/C15H23ClN2O2/c1-14(2,3)20-13(19)18-12-8-10(16)6-7-11(12)15(4,5)9-17/h6-8H,9,17H2,1-5H3,(H,18,19). The van der Waals surface area contributed by atoms with Crippen LogP contribution in [0.3, 0.4) is 0 Å². The molecule has 0 aromatic heterocycles. The second kappa shape index (κ2) is 6.02. The van der Waals surface area contributed by atoms with Gasteiger partial charge in [-0.3, -0.25) is 5.32 Å². The Balaban J connectivity index is 3.05. The van der Waals surface area contributed by atoms with Gasteiger partial charge in [0.15, 0.2) is 0 Å². The van der Waals surface area contributed by atoms with E-state index in [1.807, 2.05) is 40.7 Å².